The molecule has 130 valence electrons. The van der Waals surface area contributed by atoms with Crippen molar-refractivity contribution in [1.29, 1.82) is 0 Å². The molecule has 2 aromatic rings. The van der Waals surface area contributed by atoms with Crippen LogP contribution in [0.3, 0.4) is 0 Å². The average Bonchev–Trinajstić information content (AvgIpc) is 2.86. The van der Waals surface area contributed by atoms with Gasteiger partial charge >= 0.3 is 0 Å². The van der Waals surface area contributed by atoms with Crippen molar-refractivity contribution in [2.24, 2.45) is 0 Å². The lowest BCUT2D eigenvalue weighted by atomic mass is 9.98. The first-order chi connectivity index (χ1) is 12.0. The fraction of sp³-hybridized carbons (Fsp3) is 0.400. The number of aliphatic hydroxyl groups is 1. The van der Waals surface area contributed by atoms with Gasteiger partial charge in [-0.1, -0.05) is 28.1 Å². The van der Waals surface area contributed by atoms with Crippen LogP contribution in [-0.2, 0) is 0 Å². The number of rotatable bonds is 2. The van der Waals surface area contributed by atoms with Crippen LogP contribution in [0.5, 0.6) is 0 Å². The van der Waals surface area contributed by atoms with E-state index < -0.39 is 0 Å². The van der Waals surface area contributed by atoms with Gasteiger partial charge in [0, 0.05) is 22.1 Å². The van der Waals surface area contributed by atoms with E-state index in [2.05, 4.69) is 20.9 Å². The third-order valence-corrected chi connectivity index (χ3v) is 5.87. The van der Waals surface area contributed by atoms with E-state index in [1.54, 1.807) is 0 Å². The molecule has 2 atom stereocenters. The lowest BCUT2D eigenvalue weighted by Gasteiger charge is -2.37. The summed E-state index contributed by atoms with van der Waals surface area (Å²) in [6.07, 6.45) is 3.13. The molecule has 3 heterocycles. The van der Waals surface area contributed by atoms with Crippen LogP contribution in [0.2, 0.25) is 0 Å². The molecule has 1 amide bonds. The fourth-order valence-corrected chi connectivity index (χ4v) is 4.61. The topological polar surface area (TPSA) is 53.4 Å². The highest BCUT2D eigenvalue weighted by molar-refractivity contribution is 9.10. The van der Waals surface area contributed by atoms with Crippen molar-refractivity contribution in [2.75, 3.05) is 0 Å². The molecule has 2 fully saturated rings. The largest absolute Gasteiger partial charge is 0.393 e. The van der Waals surface area contributed by atoms with E-state index in [0.29, 0.717) is 18.4 Å². The van der Waals surface area contributed by atoms with Crippen molar-refractivity contribution in [1.82, 2.24) is 9.88 Å². The summed E-state index contributed by atoms with van der Waals surface area (Å²) in [4.78, 5) is 19.8. The van der Waals surface area contributed by atoms with Crippen LogP contribution in [-0.4, -0.2) is 39.1 Å². The third kappa shape index (κ3) is 3.11. The monoisotopic (exact) mass is 400 g/mol. The first-order valence-electron chi connectivity index (χ1n) is 8.77. The molecule has 1 aromatic heterocycles. The van der Waals surface area contributed by atoms with E-state index in [1.165, 1.54) is 0 Å². The Balaban J connectivity index is 1.62. The smallest absolute Gasteiger partial charge is 0.256 e. The van der Waals surface area contributed by atoms with Crippen LogP contribution in [0.15, 0.2) is 40.9 Å². The van der Waals surface area contributed by atoms with E-state index in [9.17, 15) is 9.90 Å². The number of carbonyl (C=O) groups excluding carboxylic acids is 1. The zero-order valence-electron chi connectivity index (χ0n) is 14.2. The molecule has 0 saturated carbocycles. The maximum Gasteiger partial charge on any atom is 0.256 e. The molecule has 1 aromatic carbocycles. The van der Waals surface area contributed by atoms with Crippen LogP contribution in [0, 0.1) is 6.92 Å². The average molecular weight is 401 g/mol. The SMILES string of the molecule is Cc1nc(-c2cccc(Br)c2)ccc1C(=O)N1C2CCC1CC(O)C2. The van der Waals surface area contributed by atoms with Gasteiger partial charge in [0.2, 0.25) is 0 Å². The fourth-order valence-electron chi connectivity index (χ4n) is 4.21. The van der Waals surface area contributed by atoms with Gasteiger partial charge in [-0.05, 0) is 56.9 Å². The standard InChI is InChI=1S/C20H21BrN2O2/c1-12-18(7-8-19(22-12)13-3-2-4-14(21)9-13)20(25)23-15-5-6-16(23)11-17(24)10-15/h2-4,7-9,15-17,24H,5-6,10-11H2,1H3. The van der Waals surface area contributed by atoms with Gasteiger partial charge in [-0.25, -0.2) is 0 Å². The summed E-state index contributed by atoms with van der Waals surface area (Å²) >= 11 is 3.48. The molecule has 0 aliphatic carbocycles. The number of pyridine rings is 1. The Morgan fingerprint density at radius 1 is 1.20 bits per heavy atom. The Morgan fingerprint density at radius 3 is 2.56 bits per heavy atom. The van der Waals surface area contributed by atoms with Gasteiger partial charge in [0.25, 0.3) is 5.91 Å². The van der Waals surface area contributed by atoms with E-state index in [-0.39, 0.29) is 24.1 Å². The predicted octanol–water partition coefficient (Wildman–Crippen LogP) is 3.95. The summed E-state index contributed by atoms with van der Waals surface area (Å²) in [6, 6.07) is 12.2. The Hall–Kier alpha value is -1.72. The van der Waals surface area contributed by atoms with Crippen molar-refractivity contribution in [3.8, 4) is 11.3 Å². The van der Waals surface area contributed by atoms with Crippen molar-refractivity contribution >= 4 is 21.8 Å². The van der Waals surface area contributed by atoms with Crippen molar-refractivity contribution in [2.45, 2.75) is 50.8 Å². The van der Waals surface area contributed by atoms with E-state index >= 15 is 0 Å². The molecule has 2 unspecified atom stereocenters. The second-order valence-corrected chi connectivity index (χ2v) is 7.98. The lowest BCUT2D eigenvalue weighted by molar-refractivity contribution is 0.0286. The van der Waals surface area contributed by atoms with Crippen LogP contribution in [0.25, 0.3) is 11.3 Å². The maximum atomic E-state index is 13.1. The molecule has 2 saturated heterocycles. The minimum absolute atomic E-state index is 0.0604. The second kappa shape index (κ2) is 6.54. The normalized spacial score (nSPS) is 25.2. The van der Waals surface area contributed by atoms with Gasteiger partial charge in [0.15, 0.2) is 0 Å². The molecule has 5 heteroatoms. The van der Waals surface area contributed by atoms with Crippen molar-refractivity contribution in [3.63, 3.8) is 0 Å². The number of halogens is 1. The number of aromatic nitrogens is 1. The molecule has 1 N–H and O–H groups in total. The highest BCUT2D eigenvalue weighted by Gasteiger charge is 2.43. The van der Waals surface area contributed by atoms with Crippen LogP contribution >= 0.6 is 15.9 Å². The Labute approximate surface area is 156 Å². The number of fused-ring (bicyclic) bond motifs is 2. The number of aliphatic hydroxyl groups excluding tert-OH is 1. The van der Waals surface area contributed by atoms with Crippen molar-refractivity contribution < 1.29 is 9.90 Å². The van der Waals surface area contributed by atoms with Crippen LogP contribution in [0.4, 0.5) is 0 Å². The number of nitrogens with zero attached hydrogens (tertiary/aromatic N) is 2. The van der Waals surface area contributed by atoms with Crippen LogP contribution < -0.4 is 0 Å². The first kappa shape index (κ1) is 16.7. The quantitative estimate of drug-likeness (QED) is 0.829. The Bertz CT molecular complexity index is 809. The van der Waals surface area contributed by atoms with Gasteiger partial charge in [0.05, 0.1) is 23.1 Å². The number of carbonyl (C=O) groups is 1. The molecule has 2 aliphatic heterocycles. The Kier molecular flexibility index (Phi) is 4.38. The lowest BCUT2D eigenvalue weighted by Crippen LogP contribution is -2.48. The maximum absolute atomic E-state index is 13.1. The van der Waals surface area contributed by atoms with E-state index in [0.717, 1.165) is 34.3 Å². The molecule has 0 radical (unpaired) electrons. The highest BCUT2D eigenvalue weighted by Crippen LogP contribution is 2.37. The summed E-state index contributed by atoms with van der Waals surface area (Å²) in [5.74, 6) is 0.0604. The predicted molar refractivity (Wildman–Crippen MR) is 100 cm³/mol. The molecule has 2 bridgehead atoms. The zero-order valence-corrected chi connectivity index (χ0v) is 15.7. The minimum atomic E-state index is -0.264. The summed E-state index contributed by atoms with van der Waals surface area (Å²) in [5.41, 5.74) is 3.32. The molecule has 25 heavy (non-hydrogen) atoms. The van der Waals surface area contributed by atoms with E-state index in [4.69, 9.17) is 0 Å². The third-order valence-electron chi connectivity index (χ3n) is 5.38. The van der Waals surface area contributed by atoms with Gasteiger partial charge in [-0.3, -0.25) is 9.78 Å². The number of benzene rings is 1. The second-order valence-electron chi connectivity index (χ2n) is 7.06. The summed E-state index contributed by atoms with van der Waals surface area (Å²) in [7, 11) is 0. The zero-order chi connectivity index (χ0) is 17.6. The van der Waals surface area contributed by atoms with Crippen LogP contribution in [0.1, 0.15) is 41.7 Å². The van der Waals surface area contributed by atoms with Gasteiger partial charge in [-0.2, -0.15) is 0 Å². The number of aryl methyl sites for hydroxylation is 1. The molecule has 4 nitrogen and oxygen atoms in total. The number of hydrogen-bond acceptors (Lipinski definition) is 3. The van der Waals surface area contributed by atoms with Gasteiger partial charge in [-0.15, -0.1) is 0 Å². The van der Waals surface area contributed by atoms with Gasteiger partial charge < -0.3 is 10.0 Å². The first-order valence-corrected chi connectivity index (χ1v) is 9.56. The van der Waals surface area contributed by atoms with E-state index in [1.807, 2.05) is 48.2 Å². The molecular weight excluding hydrogens is 380 g/mol. The molecule has 4 rings (SSSR count). The minimum Gasteiger partial charge on any atom is -0.393 e. The molecule has 2 aliphatic rings. The molecule has 0 spiro atoms. The Morgan fingerprint density at radius 2 is 1.92 bits per heavy atom. The summed E-state index contributed by atoms with van der Waals surface area (Å²) in [5, 5.41) is 9.95. The number of piperidine rings is 1. The van der Waals surface area contributed by atoms with Crippen molar-refractivity contribution in [3.05, 3.63) is 52.1 Å². The summed E-state index contributed by atoms with van der Waals surface area (Å²) in [6.45, 7) is 1.90. The van der Waals surface area contributed by atoms with Gasteiger partial charge in [0.1, 0.15) is 0 Å². The number of hydrogen-bond donors (Lipinski definition) is 1. The molecular formula is C20H21BrN2O2. The number of amides is 1. The highest BCUT2D eigenvalue weighted by atomic mass is 79.9. The summed E-state index contributed by atoms with van der Waals surface area (Å²) < 4.78 is 1.01.